The Hall–Kier alpha value is -5.36. The third kappa shape index (κ3) is 3.85. The fraction of sp³-hybridized carbons (Fsp3) is 0. The molecule has 0 spiro atoms. The minimum absolute atomic E-state index is 0.0465. The van der Waals surface area contributed by atoms with Crippen molar-refractivity contribution in [2.75, 3.05) is 0 Å². The Kier molecular flexibility index (Phi) is 5.93. The maximum atomic E-state index is 14.2. The van der Waals surface area contributed by atoms with Crippen molar-refractivity contribution in [3.05, 3.63) is 106 Å². The van der Waals surface area contributed by atoms with Crippen molar-refractivity contribution < 1.29 is 26.3 Å². The normalized spacial score (nSPS) is 14.1. The Balaban J connectivity index is 1.94. The number of fused-ring (bicyclic) bond motifs is 2. The van der Waals surface area contributed by atoms with E-state index in [1.165, 1.54) is 0 Å². The number of hydrogen-bond donors (Lipinski definition) is 0. The first-order valence-electron chi connectivity index (χ1n) is 10.5. The number of benzene rings is 3. The van der Waals surface area contributed by atoms with Gasteiger partial charge >= 0.3 is 0 Å². The number of aromatic nitrogens is 2. The predicted molar refractivity (Wildman–Crippen MR) is 122 cm³/mol. The third-order valence-corrected chi connectivity index (χ3v) is 5.62. The summed E-state index contributed by atoms with van der Waals surface area (Å²) in [4.78, 5) is 16.3. The van der Waals surface area contributed by atoms with Crippen LogP contribution in [0.1, 0.15) is 22.5 Å². The van der Waals surface area contributed by atoms with Crippen LogP contribution in [0.4, 0.5) is 26.3 Å². The molecule has 0 bridgehead atoms. The lowest BCUT2D eigenvalue weighted by Crippen LogP contribution is -2.26. The first-order valence-corrected chi connectivity index (χ1v) is 10.5. The summed E-state index contributed by atoms with van der Waals surface area (Å²) in [5.74, 6) is -9.92. The fourth-order valence-corrected chi connectivity index (χ4v) is 4.03. The van der Waals surface area contributed by atoms with Crippen LogP contribution in [0.3, 0.4) is 0 Å². The highest BCUT2D eigenvalue weighted by Gasteiger charge is 2.32. The molecule has 0 radical (unpaired) electrons. The number of nitrogens with zero attached hydrogens (tertiary/aromatic N) is 6. The number of halogens is 6. The second-order valence-corrected chi connectivity index (χ2v) is 7.79. The fourth-order valence-electron chi connectivity index (χ4n) is 4.03. The van der Waals surface area contributed by atoms with E-state index in [0.717, 1.165) is 0 Å². The molecule has 1 heterocycles. The highest BCUT2D eigenvalue weighted by molar-refractivity contribution is 6.30. The quantitative estimate of drug-likeness (QED) is 0.173. The molecule has 3 aromatic carbocycles. The first-order chi connectivity index (χ1) is 18.2. The van der Waals surface area contributed by atoms with E-state index >= 15 is 0 Å². The Morgan fingerprint density at radius 1 is 0.553 bits per heavy atom. The molecule has 0 N–H and O–H groups in total. The monoisotopic (exact) mass is 518 g/mol. The van der Waals surface area contributed by atoms with Crippen LogP contribution in [0.5, 0.6) is 0 Å². The van der Waals surface area contributed by atoms with E-state index in [4.69, 9.17) is 0 Å². The van der Waals surface area contributed by atoms with Crippen molar-refractivity contribution in [2.45, 2.75) is 0 Å². The number of aliphatic imine (C=N–C) groups is 2. The summed E-state index contributed by atoms with van der Waals surface area (Å²) in [6, 6.07) is 8.65. The molecule has 1 aliphatic rings. The first kappa shape index (κ1) is 24.3. The van der Waals surface area contributed by atoms with Crippen molar-refractivity contribution in [3.63, 3.8) is 0 Å². The number of nitriles is 2. The zero-order valence-electron chi connectivity index (χ0n) is 18.6. The van der Waals surface area contributed by atoms with E-state index < -0.39 is 57.4 Å². The molecule has 1 aromatic heterocycles. The van der Waals surface area contributed by atoms with Gasteiger partial charge in [0.15, 0.2) is 34.9 Å². The van der Waals surface area contributed by atoms with Gasteiger partial charge in [0.25, 0.3) is 0 Å². The lowest BCUT2D eigenvalue weighted by atomic mass is 9.87. The van der Waals surface area contributed by atoms with Crippen LogP contribution >= 0.6 is 0 Å². The Morgan fingerprint density at radius 2 is 0.895 bits per heavy atom. The van der Waals surface area contributed by atoms with Crippen molar-refractivity contribution >= 4 is 11.4 Å². The Bertz CT molecular complexity index is 1640. The molecule has 0 unspecified atom stereocenters. The molecule has 12 heteroatoms. The van der Waals surface area contributed by atoms with Gasteiger partial charge in [-0.1, -0.05) is 24.3 Å². The third-order valence-electron chi connectivity index (χ3n) is 5.62. The summed E-state index contributed by atoms with van der Waals surface area (Å²) in [7, 11) is 0. The Labute approximate surface area is 209 Å². The summed E-state index contributed by atoms with van der Waals surface area (Å²) in [5, 5.41) is 18.6. The van der Waals surface area contributed by atoms with E-state index in [9.17, 15) is 36.9 Å². The number of hydrogen-bond acceptors (Lipinski definition) is 6. The van der Waals surface area contributed by atoms with Crippen molar-refractivity contribution in [1.82, 2.24) is 9.97 Å². The minimum atomic E-state index is -1.77. The average Bonchev–Trinajstić information content (AvgIpc) is 2.91. The largest absolute Gasteiger partial charge is 0.241 e. The van der Waals surface area contributed by atoms with E-state index in [0.29, 0.717) is 35.4 Å². The summed E-state index contributed by atoms with van der Waals surface area (Å²) < 4.78 is 84.1. The van der Waals surface area contributed by atoms with E-state index in [-0.39, 0.29) is 22.8 Å². The van der Waals surface area contributed by atoms with Crippen LogP contribution < -0.4 is 0 Å². The van der Waals surface area contributed by atoms with Crippen molar-refractivity contribution in [1.29, 1.82) is 10.5 Å². The van der Waals surface area contributed by atoms with Gasteiger partial charge in [-0.3, -0.25) is 0 Å². The van der Waals surface area contributed by atoms with E-state index in [2.05, 4.69) is 20.0 Å². The van der Waals surface area contributed by atoms with Crippen LogP contribution in [0, 0.1) is 57.8 Å². The topological polar surface area (TPSA) is 98.1 Å². The molecule has 0 saturated heterocycles. The lowest BCUT2D eigenvalue weighted by Gasteiger charge is -2.22. The van der Waals surface area contributed by atoms with Gasteiger partial charge in [-0.15, -0.1) is 0 Å². The van der Waals surface area contributed by atoms with Gasteiger partial charge in [0.1, 0.15) is 22.8 Å². The number of rotatable bonds is 2. The van der Waals surface area contributed by atoms with Crippen LogP contribution in [0.15, 0.2) is 58.5 Å². The SMILES string of the molecule is N#CN=C1c2ccccc2C(=NC#N)c2nc(-c3cc(F)c(F)c(F)c3)c(-c3cc(F)c(F)c(F)c3)nc21. The van der Waals surface area contributed by atoms with Crippen molar-refractivity contribution in [2.24, 2.45) is 9.98 Å². The van der Waals surface area contributed by atoms with E-state index in [1.54, 1.807) is 36.7 Å². The van der Waals surface area contributed by atoms with Crippen LogP contribution in [-0.4, -0.2) is 21.4 Å². The van der Waals surface area contributed by atoms with Crippen LogP contribution in [0.25, 0.3) is 22.5 Å². The maximum absolute atomic E-state index is 14.2. The van der Waals surface area contributed by atoms with Crippen LogP contribution in [0.2, 0.25) is 0 Å². The van der Waals surface area contributed by atoms with Gasteiger partial charge < -0.3 is 0 Å². The smallest absolute Gasteiger partial charge is 0.206 e. The minimum Gasteiger partial charge on any atom is -0.241 e. The molecule has 38 heavy (non-hydrogen) atoms. The average molecular weight is 518 g/mol. The summed E-state index contributed by atoms with van der Waals surface area (Å²) in [5.41, 5.74) is -1.39. The van der Waals surface area contributed by atoms with Gasteiger partial charge in [0, 0.05) is 22.3 Å². The van der Waals surface area contributed by atoms with Gasteiger partial charge in [0.05, 0.1) is 11.4 Å². The van der Waals surface area contributed by atoms with Gasteiger partial charge in [-0.25, -0.2) is 36.3 Å². The van der Waals surface area contributed by atoms with Gasteiger partial charge in [0.2, 0.25) is 12.4 Å². The second-order valence-electron chi connectivity index (χ2n) is 7.79. The summed E-state index contributed by atoms with van der Waals surface area (Å²) >= 11 is 0. The highest BCUT2D eigenvalue weighted by atomic mass is 19.2. The van der Waals surface area contributed by atoms with Crippen LogP contribution in [-0.2, 0) is 0 Å². The van der Waals surface area contributed by atoms with Gasteiger partial charge in [-0.05, 0) is 24.3 Å². The standard InChI is InChI=1S/C26H8F6N6/c27-15-5-11(6-16(28)19(15)31)21-22(12-7-17(29)20(32)18(30)8-12)38-26-24(36-10-34)14-4-2-1-3-13(14)23(35-9-33)25(26)37-21/h1-8H. The molecule has 0 saturated carbocycles. The molecule has 0 fully saturated rings. The molecule has 6 nitrogen and oxygen atoms in total. The second kappa shape index (κ2) is 9.26. The molecule has 0 atom stereocenters. The molecule has 0 amide bonds. The highest BCUT2D eigenvalue weighted by Crippen LogP contribution is 2.36. The maximum Gasteiger partial charge on any atom is 0.206 e. The zero-order chi connectivity index (χ0) is 27.1. The molecule has 4 aromatic rings. The molecular formula is C26H8F6N6. The summed E-state index contributed by atoms with van der Waals surface area (Å²) in [6.45, 7) is 0. The predicted octanol–water partition coefficient (Wildman–Crippen LogP) is 5.60. The van der Waals surface area contributed by atoms with Crippen molar-refractivity contribution in [3.8, 4) is 34.9 Å². The Morgan fingerprint density at radius 3 is 1.21 bits per heavy atom. The molecule has 0 aliphatic heterocycles. The van der Waals surface area contributed by atoms with E-state index in [1.807, 2.05) is 0 Å². The zero-order valence-corrected chi connectivity index (χ0v) is 18.6. The molecule has 5 rings (SSSR count). The van der Waals surface area contributed by atoms with Gasteiger partial charge in [-0.2, -0.15) is 20.5 Å². The molecule has 1 aliphatic carbocycles. The molecule has 184 valence electrons. The summed E-state index contributed by atoms with van der Waals surface area (Å²) in [6.07, 6.45) is 3.25. The molecular weight excluding hydrogens is 510 g/mol. The lowest BCUT2D eigenvalue weighted by molar-refractivity contribution is 0.447.